The number of aromatic nitrogens is 6. The first-order chi connectivity index (χ1) is 34.5. The van der Waals surface area contributed by atoms with Gasteiger partial charge in [0.05, 0.1) is 61.6 Å². The van der Waals surface area contributed by atoms with E-state index in [9.17, 15) is 0 Å². The SMILES string of the molecule is CC(C)(C)c1ccc(N(c2ccc(C(C)(C)C)cc2)c2c(-n3c4ccccc4c4ncccc43)cc(-c3cc(-c4ccccc4)nc(-c4ccccc4)n3)cc2-n2c3ccccc3c3ncccc32)cc1. The van der Waals surface area contributed by atoms with Gasteiger partial charge in [-0.2, -0.15) is 0 Å². The Bertz CT molecular complexity index is 3570. The number of pyridine rings is 2. The number of hydrogen-bond donors (Lipinski definition) is 0. The Morgan fingerprint density at radius 3 is 1.25 bits per heavy atom. The van der Waals surface area contributed by atoms with Crippen molar-refractivity contribution >= 4 is 60.9 Å². The van der Waals surface area contributed by atoms with Crippen LogP contribution in [0.4, 0.5) is 17.1 Å². The van der Waals surface area contributed by atoms with Crippen LogP contribution in [0.25, 0.3) is 89.2 Å². The molecule has 344 valence electrons. The quantitative estimate of drug-likeness (QED) is 0.152. The van der Waals surface area contributed by atoms with E-state index in [4.69, 9.17) is 19.9 Å². The van der Waals surface area contributed by atoms with E-state index in [0.29, 0.717) is 5.82 Å². The lowest BCUT2D eigenvalue weighted by molar-refractivity contribution is 0.590. The molecule has 7 aromatic carbocycles. The van der Waals surface area contributed by atoms with E-state index in [1.807, 2.05) is 48.8 Å². The minimum atomic E-state index is -0.0453. The number of hydrogen-bond acceptors (Lipinski definition) is 5. The van der Waals surface area contributed by atoms with E-state index in [2.05, 4.69) is 219 Å². The lowest BCUT2D eigenvalue weighted by Gasteiger charge is -2.32. The fourth-order valence-electron chi connectivity index (χ4n) is 10.1. The molecule has 7 nitrogen and oxygen atoms in total. The summed E-state index contributed by atoms with van der Waals surface area (Å²) in [7, 11) is 0. The van der Waals surface area contributed by atoms with Crippen molar-refractivity contribution in [3.05, 3.63) is 224 Å². The molecule has 7 heteroatoms. The maximum atomic E-state index is 5.48. The largest absolute Gasteiger partial charge is 0.307 e. The van der Waals surface area contributed by atoms with Gasteiger partial charge in [-0.1, -0.05) is 163 Å². The van der Waals surface area contributed by atoms with Crippen molar-refractivity contribution in [2.75, 3.05) is 4.90 Å². The molecular weight excluding hydrogens is 867 g/mol. The van der Waals surface area contributed by atoms with Crippen molar-refractivity contribution in [1.29, 1.82) is 0 Å². The van der Waals surface area contributed by atoms with Crippen LogP contribution < -0.4 is 4.90 Å². The molecule has 0 radical (unpaired) electrons. The zero-order valence-electron chi connectivity index (χ0n) is 40.8. The number of anilines is 3. The fourth-order valence-corrected chi connectivity index (χ4v) is 10.1. The van der Waals surface area contributed by atoms with Crippen LogP contribution in [0.15, 0.2) is 213 Å². The van der Waals surface area contributed by atoms with Gasteiger partial charge in [-0.3, -0.25) is 9.97 Å². The molecule has 12 rings (SSSR count). The molecule has 0 N–H and O–H groups in total. The van der Waals surface area contributed by atoms with Gasteiger partial charge in [-0.25, -0.2) is 9.97 Å². The Kier molecular flexibility index (Phi) is 10.5. The molecule has 0 amide bonds. The second kappa shape index (κ2) is 17.1. The van der Waals surface area contributed by atoms with Gasteiger partial charge >= 0.3 is 0 Å². The Morgan fingerprint density at radius 2 is 0.789 bits per heavy atom. The molecule has 5 heterocycles. The van der Waals surface area contributed by atoms with Crippen LogP contribution in [-0.4, -0.2) is 29.1 Å². The van der Waals surface area contributed by atoms with E-state index < -0.39 is 0 Å². The van der Waals surface area contributed by atoms with Crippen LogP contribution in [0, 0.1) is 0 Å². The summed E-state index contributed by atoms with van der Waals surface area (Å²) >= 11 is 0. The van der Waals surface area contributed by atoms with Crippen LogP contribution in [0.2, 0.25) is 0 Å². The molecule has 0 bridgehead atoms. The molecule has 0 aliphatic rings. The third kappa shape index (κ3) is 7.71. The Hall–Kier alpha value is -8.68. The first-order valence-electron chi connectivity index (χ1n) is 24.4. The molecule has 0 unspecified atom stereocenters. The summed E-state index contributed by atoms with van der Waals surface area (Å²) in [6.45, 7) is 13.6. The number of nitrogens with zero attached hydrogens (tertiary/aromatic N) is 7. The van der Waals surface area contributed by atoms with Crippen molar-refractivity contribution in [2.24, 2.45) is 0 Å². The first kappa shape index (κ1) is 43.6. The molecule has 0 aliphatic carbocycles. The van der Waals surface area contributed by atoms with Crippen LogP contribution in [0.3, 0.4) is 0 Å². The highest BCUT2D eigenvalue weighted by Crippen LogP contribution is 2.49. The minimum Gasteiger partial charge on any atom is -0.307 e. The number of benzene rings is 7. The smallest absolute Gasteiger partial charge is 0.160 e. The topological polar surface area (TPSA) is 64.7 Å². The predicted octanol–water partition coefficient (Wildman–Crippen LogP) is 16.5. The zero-order chi connectivity index (χ0) is 48.4. The summed E-state index contributed by atoms with van der Waals surface area (Å²) < 4.78 is 4.81. The van der Waals surface area contributed by atoms with E-state index in [0.717, 1.165) is 100 Å². The maximum Gasteiger partial charge on any atom is 0.160 e. The van der Waals surface area contributed by atoms with Gasteiger partial charge in [0.1, 0.15) is 0 Å². The van der Waals surface area contributed by atoms with Crippen LogP contribution >= 0.6 is 0 Å². The first-order valence-corrected chi connectivity index (χ1v) is 24.4. The van der Waals surface area contributed by atoms with Gasteiger partial charge in [0.25, 0.3) is 0 Å². The Labute approximate surface area is 414 Å². The summed E-state index contributed by atoms with van der Waals surface area (Å²) in [5, 5.41) is 2.13. The Morgan fingerprint density at radius 1 is 0.380 bits per heavy atom. The summed E-state index contributed by atoms with van der Waals surface area (Å²) in [4.78, 5) is 23.3. The molecule has 0 spiro atoms. The van der Waals surface area contributed by atoms with E-state index >= 15 is 0 Å². The van der Waals surface area contributed by atoms with E-state index in [1.165, 1.54) is 11.1 Å². The van der Waals surface area contributed by atoms with Gasteiger partial charge in [0.2, 0.25) is 0 Å². The summed E-state index contributed by atoms with van der Waals surface area (Å²) in [6, 6.07) is 71.4. The fraction of sp³-hybridized carbons (Fsp3) is 0.125. The third-order valence-corrected chi connectivity index (χ3v) is 13.7. The van der Waals surface area contributed by atoms with Crippen molar-refractivity contribution in [1.82, 2.24) is 29.1 Å². The lowest BCUT2D eigenvalue weighted by Crippen LogP contribution is -2.18. The molecule has 0 fully saturated rings. The summed E-state index contributed by atoms with van der Waals surface area (Å²) in [5.41, 5.74) is 17.8. The van der Waals surface area contributed by atoms with Crippen LogP contribution in [0.5, 0.6) is 0 Å². The number of rotatable bonds is 8. The minimum absolute atomic E-state index is 0.0453. The molecular formula is C64H53N7. The number of para-hydroxylation sites is 2. The average molecular weight is 920 g/mol. The molecule has 5 aromatic heterocycles. The van der Waals surface area contributed by atoms with Crippen molar-refractivity contribution < 1.29 is 0 Å². The molecule has 12 aromatic rings. The van der Waals surface area contributed by atoms with Gasteiger partial charge in [0, 0.05) is 51.2 Å². The lowest BCUT2D eigenvalue weighted by atomic mass is 9.86. The monoisotopic (exact) mass is 919 g/mol. The molecule has 0 saturated heterocycles. The maximum absolute atomic E-state index is 5.48. The van der Waals surface area contributed by atoms with E-state index in [1.54, 1.807) is 0 Å². The van der Waals surface area contributed by atoms with Crippen molar-refractivity contribution in [3.63, 3.8) is 0 Å². The zero-order valence-corrected chi connectivity index (χ0v) is 40.8. The molecule has 0 saturated carbocycles. The highest BCUT2D eigenvalue weighted by Gasteiger charge is 2.29. The highest BCUT2D eigenvalue weighted by atomic mass is 15.2. The van der Waals surface area contributed by atoms with Crippen LogP contribution in [0.1, 0.15) is 52.7 Å². The second-order valence-corrected chi connectivity index (χ2v) is 20.4. The normalized spacial score (nSPS) is 12.1. The molecule has 0 atom stereocenters. The van der Waals surface area contributed by atoms with Gasteiger partial charge in [0.15, 0.2) is 5.82 Å². The van der Waals surface area contributed by atoms with Gasteiger partial charge < -0.3 is 14.0 Å². The standard InChI is InChI=1S/C64H53N7/c1-63(2,3)45-29-33-47(34-30-45)69(48-35-31-46(32-36-48)64(4,5)6)61-57(70-53-25-15-13-23-49(53)59-55(70)27-17-37-65-59)39-44(40-58(61)71-54-26-16-14-24-50(54)60-56(71)28-18-38-66-60)52-41-51(42-19-9-7-10-20-42)67-62(68-52)43-21-11-8-12-22-43/h7-41H,1-6H3. The summed E-state index contributed by atoms with van der Waals surface area (Å²) in [6.07, 6.45) is 3.79. The average Bonchev–Trinajstić information content (AvgIpc) is 3.92. The van der Waals surface area contributed by atoms with Crippen molar-refractivity contribution in [3.8, 4) is 45.3 Å². The molecule has 71 heavy (non-hydrogen) atoms. The Balaban J connectivity index is 1.28. The third-order valence-electron chi connectivity index (χ3n) is 13.7. The highest BCUT2D eigenvalue weighted by molar-refractivity contribution is 6.10. The summed E-state index contributed by atoms with van der Waals surface area (Å²) in [5.74, 6) is 0.649. The van der Waals surface area contributed by atoms with E-state index in [-0.39, 0.29) is 10.8 Å². The van der Waals surface area contributed by atoms with Gasteiger partial charge in [-0.05, 0) is 101 Å². The number of fused-ring (bicyclic) bond motifs is 6. The predicted molar refractivity (Wildman–Crippen MR) is 295 cm³/mol. The van der Waals surface area contributed by atoms with Crippen molar-refractivity contribution in [2.45, 2.75) is 52.4 Å². The molecule has 0 aliphatic heterocycles. The van der Waals surface area contributed by atoms with Gasteiger partial charge in [-0.15, -0.1) is 0 Å². The second-order valence-electron chi connectivity index (χ2n) is 20.4. The van der Waals surface area contributed by atoms with Crippen LogP contribution in [-0.2, 0) is 10.8 Å².